The summed E-state index contributed by atoms with van der Waals surface area (Å²) in [5, 5.41) is 4.35. The van der Waals surface area contributed by atoms with Crippen molar-refractivity contribution in [1.82, 2.24) is 4.90 Å². The third-order valence-electron chi connectivity index (χ3n) is 3.88. The molecule has 0 aromatic heterocycles. The summed E-state index contributed by atoms with van der Waals surface area (Å²) in [4.78, 5) is 38.8. The molecule has 7 nitrogen and oxygen atoms in total. The molecular weight excluding hydrogens is 384 g/mol. The molecule has 2 aromatic rings. The number of carbonyl (C=O) groups excluding carboxylic acids is 3. The van der Waals surface area contributed by atoms with Crippen molar-refractivity contribution in [2.45, 2.75) is 52.7 Å². The molecule has 0 aliphatic rings. The quantitative estimate of drug-likeness (QED) is 0.739. The molecular formula is C23H30N2O5. The number of fused-ring (bicyclic) bond motifs is 1. The number of likely N-dealkylation sites (N-methyl/N-ethyl adjacent to an activating group) is 1. The average Bonchev–Trinajstić information content (AvgIpc) is 2.57. The maximum Gasteiger partial charge on any atom is 0.412 e. The second-order valence-corrected chi connectivity index (χ2v) is 9.12. The SMILES string of the molecule is CN(CC(=O)OC(C)(C)C)C(=O)c1cc2ccccc2cc1NC(=O)OC(C)(C)C. The Labute approximate surface area is 177 Å². The van der Waals surface area contributed by atoms with E-state index >= 15 is 0 Å². The normalized spacial score (nSPS) is 11.7. The maximum atomic E-state index is 13.1. The summed E-state index contributed by atoms with van der Waals surface area (Å²) in [6.07, 6.45) is -0.665. The van der Waals surface area contributed by atoms with Crippen LogP contribution >= 0.6 is 0 Å². The molecule has 7 heteroatoms. The number of benzene rings is 2. The fourth-order valence-electron chi connectivity index (χ4n) is 2.78. The van der Waals surface area contributed by atoms with Crippen LogP contribution in [0.15, 0.2) is 36.4 Å². The molecule has 0 aliphatic heterocycles. The number of hydrogen-bond acceptors (Lipinski definition) is 5. The van der Waals surface area contributed by atoms with Crippen molar-refractivity contribution in [3.8, 4) is 0 Å². The molecule has 0 fully saturated rings. The van der Waals surface area contributed by atoms with Crippen LogP contribution in [0.5, 0.6) is 0 Å². The Balaban J connectivity index is 2.34. The standard InChI is InChI=1S/C23H30N2O5/c1-22(2,3)29-19(26)14-25(7)20(27)17-12-15-10-8-9-11-16(15)13-18(17)24-21(28)30-23(4,5)6/h8-13H,14H2,1-7H3,(H,24,28). The zero-order valence-electron chi connectivity index (χ0n) is 18.7. The van der Waals surface area contributed by atoms with E-state index in [9.17, 15) is 14.4 Å². The lowest BCUT2D eigenvalue weighted by Gasteiger charge is -2.24. The first-order valence-electron chi connectivity index (χ1n) is 9.75. The van der Waals surface area contributed by atoms with Gasteiger partial charge in [0.05, 0.1) is 11.3 Å². The third-order valence-corrected chi connectivity index (χ3v) is 3.88. The van der Waals surface area contributed by atoms with E-state index in [-0.39, 0.29) is 12.1 Å². The van der Waals surface area contributed by atoms with Gasteiger partial charge in [-0.3, -0.25) is 14.9 Å². The van der Waals surface area contributed by atoms with Gasteiger partial charge in [0.25, 0.3) is 5.91 Å². The first kappa shape index (κ1) is 23.2. The molecule has 0 saturated heterocycles. The molecule has 0 saturated carbocycles. The average molecular weight is 415 g/mol. The zero-order chi connectivity index (χ0) is 22.7. The number of ether oxygens (including phenoxy) is 2. The highest BCUT2D eigenvalue weighted by molar-refractivity contribution is 6.07. The largest absolute Gasteiger partial charge is 0.459 e. The lowest BCUT2D eigenvalue weighted by molar-refractivity contribution is -0.155. The molecule has 2 rings (SSSR count). The van der Waals surface area contributed by atoms with Crippen LogP contribution in [0.1, 0.15) is 51.9 Å². The first-order chi connectivity index (χ1) is 13.7. The van der Waals surface area contributed by atoms with Gasteiger partial charge in [-0.1, -0.05) is 24.3 Å². The van der Waals surface area contributed by atoms with E-state index in [0.717, 1.165) is 10.8 Å². The van der Waals surface area contributed by atoms with E-state index in [1.165, 1.54) is 11.9 Å². The molecule has 0 heterocycles. The summed E-state index contributed by atoms with van der Waals surface area (Å²) in [6, 6.07) is 10.9. The van der Waals surface area contributed by atoms with Crippen molar-refractivity contribution in [1.29, 1.82) is 0 Å². The lowest BCUT2D eigenvalue weighted by atomic mass is 10.0. The topological polar surface area (TPSA) is 84.9 Å². The van der Waals surface area contributed by atoms with Gasteiger partial charge in [0, 0.05) is 7.05 Å². The smallest absolute Gasteiger partial charge is 0.412 e. The highest BCUT2D eigenvalue weighted by Crippen LogP contribution is 2.26. The molecule has 0 atom stereocenters. The number of amides is 2. The summed E-state index contributed by atoms with van der Waals surface area (Å²) >= 11 is 0. The minimum atomic E-state index is -0.682. The highest BCUT2D eigenvalue weighted by atomic mass is 16.6. The predicted octanol–water partition coefficient (Wildman–Crippen LogP) is 4.60. The molecule has 1 N–H and O–H groups in total. The van der Waals surface area contributed by atoms with E-state index in [2.05, 4.69) is 5.32 Å². The third kappa shape index (κ3) is 6.76. The maximum absolute atomic E-state index is 13.1. The van der Waals surface area contributed by atoms with Crippen LogP contribution in [0.4, 0.5) is 10.5 Å². The molecule has 0 aliphatic carbocycles. The predicted molar refractivity (Wildman–Crippen MR) is 117 cm³/mol. The van der Waals surface area contributed by atoms with Crippen LogP contribution in [0.25, 0.3) is 10.8 Å². The Morgan fingerprint density at radius 3 is 1.97 bits per heavy atom. The van der Waals surface area contributed by atoms with Crippen molar-refractivity contribution < 1.29 is 23.9 Å². The Morgan fingerprint density at radius 2 is 1.43 bits per heavy atom. The molecule has 2 amide bonds. The lowest BCUT2D eigenvalue weighted by Crippen LogP contribution is -2.36. The van der Waals surface area contributed by atoms with Crippen molar-refractivity contribution in [3.63, 3.8) is 0 Å². The Hall–Kier alpha value is -3.09. The molecule has 30 heavy (non-hydrogen) atoms. The Morgan fingerprint density at radius 1 is 0.900 bits per heavy atom. The molecule has 0 unspecified atom stereocenters. The summed E-state index contributed by atoms with van der Waals surface area (Å²) in [6.45, 7) is 10.3. The number of esters is 1. The van der Waals surface area contributed by atoms with Crippen LogP contribution in [-0.2, 0) is 14.3 Å². The summed E-state index contributed by atoms with van der Waals surface area (Å²) in [5.74, 6) is -0.932. The van der Waals surface area contributed by atoms with E-state index in [0.29, 0.717) is 5.69 Å². The number of hydrogen-bond donors (Lipinski definition) is 1. The molecule has 0 spiro atoms. The van der Waals surface area contributed by atoms with Gasteiger partial charge in [-0.25, -0.2) is 4.79 Å². The van der Waals surface area contributed by atoms with Crippen LogP contribution < -0.4 is 5.32 Å². The molecule has 2 aromatic carbocycles. The fraction of sp³-hybridized carbons (Fsp3) is 0.435. The summed E-state index contributed by atoms with van der Waals surface area (Å²) < 4.78 is 10.6. The zero-order valence-corrected chi connectivity index (χ0v) is 18.7. The second kappa shape index (κ2) is 8.73. The first-order valence-corrected chi connectivity index (χ1v) is 9.75. The summed E-state index contributed by atoms with van der Waals surface area (Å²) in [7, 11) is 1.51. The van der Waals surface area contributed by atoms with Gasteiger partial charge in [-0.2, -0.15) is 0 Å². The van der Waals surface area contributed by atoms with Crippen LogP contribution in [0, 0.1) is 0 Å². The van der Waals surface area contributed by atoms with E-state index in [1.807, 2.05) is 24.3 Å². The van der Waals surface area contributed by atoms with Gasteiger partial charge >= 0.3 is 12.1 Å². The highest BCUT2D eigenvalue weighted by Gasteiger charge is 2.24. The van der Waals surface area contributed by atoms with Gasteiger partial charge in [0.2, 0.25) is 0 Å². The van der Waals surface area contributed by atoms with Gasteiger partial charge in [-0.15, -0.1) is 0 Å². The van der Waals surface area contributed by atoms with Crippen molar-refractivity contribution in [2.75, 3.05) is 18.9 Å². The fourth-order valence-corrected chi connectivity index (χ4v) is 2.78. The number of carbonyl (C=O) groups is 3. The van der Waals surface area contributed by atoms with Gasteiger partial charge in [0.1, 0.15) is 17.7 Å². The number of rotatable bonds is 4. The monoisotopic (exact) mass is 414 g/mol. The Bertz CT molecular complexity index is 954. The Kier molecular flexibility index (Phi) is 6.75. The molecule has 0 radical (unpaired) electrons. The van der Waals surface area contributed by atoms with Crippen molar-refractivity contribution >= 4 is 34.4 Å². The molecule has 0 bridgehead atoms. The minimum Gasteiger partial charge on any atom is -0.459 e. The van der Waals surface area contributed by atoms with Crippen molar-refractivity contribution in [3.05, 3.63) is 42.0 Å². The van der Waals surface area contributed by atoms with E-state index in [1.54, 1.807) is 53.7 Å². The van der Waals surface area contributed by atoms with Crippen LogP contribution in [-0.4, -0.2) is 47.7 Å². The van der Waals surface area contributed by atoms with Gasteiger partial charge in [-0.05, 0) is 64.4 Å². The number of nitrogens with zero attached hydrogens (tertiary/aromatic N) is 1. The van der Waals surface area contributed by atoms with E-state index in [4.69, 9.17) is 9.47 Å². The number of anilines is 1. The van der Waals surface area contributed by atoms with Gasteiger partial charge < -0.3 is 14.4 Å². The summed E-state index contributed by atoms with van der Waals surface area (Å²) in [5.41, 5.74) is -0.763. The van der Waals surface area contributed by atoms with Crippen LogP contribution in [0.3, 0.4) is 0 Å². The molecule has 162 valence electrons. The minimum absolute atomic E-state index is 0.213. The van der Waals surface area contributed by atoms with Crippen molar-refractivity contribution in [2.24, 2.45) is 0 Å². The van der Waals surface area contributed by atoms with Gasteiger partial charge in [0.15, 0.2) is 0 Å². The van der Waals surface area contributed by atoms with E-state index < -0.39 is 29.2 Å². The van der Waals surface area contributed by atoms with Crippen LogP contribution in [0.2, 0.25) is 0 Å². The second-order valence-electron chi connectivity index (χ2n) is 9.12. The number of nitrogens with one attached hydrogen (secondary N) is 1.